The summed E-state index contributed by atoms with van der Waals surface area (Å²) in [5.41, 5.74) is 1.56. The molecule has 3 heterocycles. The molecule has 1 fully saturated rings. The zero-order chi connectivity index (χ0) is 24.5. The molecule has 1 aliphatic heterocycles. The first-order valence-electron chi connectivity index (χ1n) is 11.1. The number of hydrogen-bond donors (Lipinski definition) is 0. The molecule has 1 atom stereocenters. The quantitative estimate of drug-likeness (QED) is 0.555. The van der Waals surface area contributed by atoms with E-state index in [1.54, 1.807) is 36.5 Å². The van der Waals surface area contributed by atoms with Crippen LogP contribution in [0.3, 0.4) is 0 Å². The van der Waals surface area contributed by atoms with Crippen LogP contribution < -0.4 is 10.5 Å². The molecule has 4 rings (SSSR count). The fourth-order valence-electron chi connectivity index (χ4n) is 3.95. The fourth-order valence-corrected chi connectivity index (χ4v) is 4.08. The second-order valence-corrected chi connectivity index (χ2v) is 9.70. The van der Waals surface area contributed by atoms with Gasteiger partial charge in [0.15, 0.2) is 0 Å². The van der Waals surface area contributed by atoms with Gasteiger partial charge in [-0.1, -0.05) is 23.7 Å². The van der Waals surface area contributed by atoms with Gasteiger partial charge >= 0.3 is 6.09 Å². The first-order chi connectivity index (χ1) is 16.1. The smallest absolute Gasteiger partial charge is 0.410 e. The minimum Gasteiger partial charge on any atom is -0.444 e. The molecule has 34 heavy (non-hydrogen) atoms. The third-order valence-corrected chi connectivity index (χ3v) is 5.89. The van der Waals surface area contributed by atoms with E-state index in [0.29, 0.717) is 36.3 Å². The van der Waals surface area contributed by atoms with Gasteiger partial charge in [0.05, 0.1) is 11.7 Å². The summed E-state index contributed by atoms with van der Waals surface area (Å²) in [5, 5.41) is 0.620. The third kappa shape index (κ3) is 5.22. The van der Waals surface area contributed by atoms with E-state index in [2.05, 4.69) is 4.98 Å². The van der Waals surface area contributed by atoms with Crippen molar-refractivity contribution >= 4 is 23.6 Å². The molecule has 0 radical (unpaired) electrons. The number of ether oxygens (including phenoxy) is 1. The number of nitrogens with zero attached hydrogens (tertiary/aromatic N) is 5. The van der Waals surface area contributed by atoms with Crippen LogP contribution in [-0.4, -0.2) is 50.8 Å². The van der Waals surface area contributed by atoms with Crippen molar-refractivity contribution in [3.63, 3.8) is 0 Å². The average molecular weight is 482 g/mol. The van der Waals surface area contributed by atoms with Gasteiger partial charge in [-0.3, -0.25) is 19.2 Å². The van der Waals surface area contributed by atoms with Gasteiger partial charge in [0, 0.05) is 55.7 Å². The minimum absolute atomic E-state index is 0.158. The minimum atomic E-state index is -0.608. The fraction of sp³-hybridized carbons (Fsp3) is 0.360. The van der Waals surface area contributed by atoms with Crippen molar-refractivity contribution in [2.24, 2.45) is 7.05 Å². The van der Waals surface area contributed by atoms with Gasteiger partial charge in [0.25, 0.3) is 5.56 Å². The highest BCUT2D eigenvalue weighted by molar-refractivity contribution is 6.30. The Kier molecular flexibility index (Phi) is 6.61. The molecule has 1 aromatic carbocycles. The number of halogens is 1. The van der Waals surface area contributed by atoms with Crippen LogP contribution in [0, 0.1) is 0 Å². The molecule has 1 unspecified atom stereocenters. The van der Waals surface area contributed by atoms with Gasteiger partial charge < -0.3 is 9.64 Å². The highest BCUT2D eigenvalue weighted by Gasteiger charge is 2.35. The monoisotopic (exact) mass is 481 g/mol. The Balaban J connectivity index is 1.70. The molecule has 178 valence electrons. The molecule has 1 saturated heterocycles. The number of pyridine rings is 1. The number of carbonyl (C=O) groups excluding carboxylic acids is 1. The SMILES string of the molecule is Cn1c(N2CCN(C(=O)OC(C)(C)C)C(c3ccc(Cl)cc3)C2)nc(-c2ccncc2)cc1=O. The molecule has 0 N–H and O–H groups in total. The van der Waals surface area contributed by atoms with E-state index in [-0.39, 0.29) is 17.7 Å². The van der Waals surface area contributed by atoms with Crippen LogP contribution in [-0.2, 0) is 11.8 Å². The summed E-state index contributed by atoms with van der Waals surface area (Å²) in [6.07, 6.45) is 2.97. The second-order valence-electron chi connectivity index (χ2n) is 9.26. The van der Waals surface area contributed by atoms with Crippen LogP contribution in [0.4, 0.5) is 10.7 Å². The molecular formula is C25H28ClN5O3. The van der Waals surface area contributed by atoms with Gasteiger partial charge in [-0.15, -0.1) is 0 Å². The summed E-state index contributed by atoms with van der Waals surface area (Å²) in [5.74, 6) is 0.544. The number of amides is 1. The normalized spacial score (nSPS) is 16.4. The maximum absolute atomic E-state index is 13.1. The summed E-state index contributed by atoms with van der Waals surface area (Å²) in [4.78, 5) is 38.4. The lowest BCUT2D eigenvalue weighted by Crippen LogP contribution is -2.53. The van der Waals surface area contributed by atoms with Crippen molar-refractivity contribution in [3.8, 4) is 11.3 Å². The van der Waals surface area contributed by atoms with E-state index in [1.165, 1.54) is 10.6 Å². The average Bonchev–Trinajstić information content (AvgIpc) is 2.80. The van der Waals surface area contributed by atoms with Crippen molar-refractivity contribution in [2.75, 3.05) is 24.5 Å². The molecule has 0 saturated carbocycles. The number of anilines is 1. The molecule has 9 heteroatoms. The van der Waals surface area contributed by atoms with E-state index >= 15 is 0 Å². The Morgan fingerprint density at radius 3 is 2.41 bits per heavy atom. The standard InChI is InChI=1S/C25H28ClN5O3/c1-25(2,3)34-24(33)31-14-13-30(16-21(31)18-5-7-19(26)8-6-18)23-28-20(15-22(32)29(23)4)17-9-11-27-12-10-17/h5-12,15,21H,13-14,16H2,1-4H3. The number of carbonyl (C=O) groups is 1. The maximum Gasteiger partial charge on any atom is 0.410 e. The van der Waals surface area contributed by atoms with E-state index in [1.807, 2.05) is 49.9 Å². The largest absolute Gasteiger partial charge is 0.444 e. The Labute approximate surface area is 203 Å². The Bertz CT molecular complexity index is 1220. The molecule has 1 amide bonds. The van der Waals surface area contributed by atoms with Crippen LogP contribution in [0.1, 0.15) is 32.4 Å². The number of piperazine rings is 1. The molecule has 3 aromatic rings. The maximum atomic E-state index is 13.1. The highest BCUT2D eigenvalue weighted by Crippen LogP contribution is 2.30. The molecule has 0 spiro atoms. The van der Waals surface area contributed by atoms with E-state index in [9.17, 15) is 9.59 Å². The van der Waals surface area contributed by atoms with Crippen LogP contribution in [0.5, 0.6) is 0 Å². The molecule has 2 aromatic heterocycles. The van der Waals surface area contributed by atoms with E-state index in [4.69, 9.17) is 21.3 Å². The summed E-state index contributed by atoms with van der Waals surface area (Å²) < 4.78 is 7.21. The van der Waals surface area contributed by atoms with Crippen LogP contribution in [0.15, 0.2) is 59.7 Å². The number of benzene rings is 1. The van der Waals surface area contributed by atoms with Gasteiger partial charge in [-0.2, -0.15) is 0 Å². The van der Waals surface area contributed by atoms with Gasteiger partial charge in [-0.25, -0.2) is 9.78 Å². The molecule has 1 aliphatic rings. The highest BCUT2D eigenvalue weighted by atomic mass is 35.5. The van der Waals surface area contributed by atoms with Crippen LogP contribution >= 0.6 is 11.6 Å². The predicted octanol–water partition coefficient (Wildman–Crippen LogP) is 4.29. The predicted molar refractivity (Wildman–Crippen MR) is 132 cm³/mol. The lowest BCUT2D eigenvalue weighted by atomic mass is 10.0. The molecule has 8 nitrogen and oxygen atoms in total. The Morgan fingerprint density at radius 2 is 1.76 bits per heavy atom. The first kappa shape index (κ1) is 23.8. The van der Waals surface area contributed by atoms with Crippen LogP contribution in [0.2, 0.25) is 5.02 Å². The first-order valence-corrected chi connectivity index (χ1v) is 11.5. The Morgan fingerprint density at radius 1 is 1.09 bits per heavy atom. The number of rotatable bonds is 3. The zero-order valence-corrected chi connectivity index (χ0v) is 20.5. The van der Waals surface area contributed by atoms with Crippen molar-refractivity contribution in [3.05, 3.63) is 75.8 Å². The summed E-state index contributed by atoms with van der Waals surface area (Å²) in [7, 11) is 1.71. The lowest BCUT2D eigenvalue weighted by molar-refractivity contribution is 0.0136. The molecule has 0 aliphatic carbocycles. The van der Waals surface area contributed by atoms with Crippen molar-refractivity contribution in [2.45, 2.75) is 32.4 Å². The summed E-state index contributed by atoms with van der Waals surface area (Å²) in [6, 6.07) is 12.3. The second kappa shape index (κ2) is 9.46. The lowest BCUT2D eigenvalue weighted by Gasteiger charge is -2.42. The summed E-state index contributed by atoms with van der Waals surface area (Å²) >= 11 is 6.11. The summed E-state index contributed by atoms with van der Waals surface area (Å²) in [6.45, 7) is 6.91. The van der Waals surface area contributed by atoms with Crippen molar-refractivity contribution in [1.29, 1.82) is 0 Å². The molecular weight excluding hydrogens is 454 g/mol. The van der Waals surface area contributed by atoms with Gasteiger partial charge in [-0.05, 0) is 50.6 Å². The topological polar surface area (TPSA) is 80.6 Å². The van der Waals surface area contributed by atoms with Gasteiger partial charge in [0.2, 0.25) is 5.95 Å². The van der Waals surface area contributed by atoms with E-state index < -0.39 is 5.60 Å². The zero-order valence-electron chi connectivity index (χ0n) is 19.7. The van der Waals surface area contributed by atoms with Crippen molar-refractivity contribution in [1.82, 2.24) is 19.4 Å². The van der Waals surface area contributed by atoms with E-state index in [0.717, 1.165) is 11.1 Å². The van der Waals surface area contributed by atoms with Crippen molar-refractivity contribution < 1.29 is 9.53 Å². The molecule has 0 bridgehead atoms. The number of hydrogen-bond acceptors (Lipinski definition) is 6. The van der Waals surface area contributed by atoms with Gasteiger partial charge in [0.1, 0.15) is 5.60 Å². The third-order valence-electron chi connectivity index (χ3n) is 5.63. The van der Waals surface area contributed by atoms with Crippen LogP contribution in [0.25, 0.3) is 11.3 Å². The Hall–Kier alpha value is -3.39. The number of aromatic nitrogens is 3.